The van der Waals surface area contributed by atoms with E-state index in [1.165, 1.54) is 4.57 Å². The van der Waals surface area contributed by atoms with Crippen LogP contribution in [0.4, 0.5) is 0 Å². The SMILES string of the molecule is O=c1c2cc3c(=O)n(-c4ccn[nH]4)ccc3nc2ccn1Cc1cccnc1. The van der Waals surface area contributed by atoms with Crippen molar-refractivity contribution in [3.05, 3.63) is 93.7 Å². The van der Waals surface area contributed by atoms with Crippen molar-refractivity contribution in [3.63, 3.8) is 0 Å². The van der Waals surface area contributed by atoms with Crippen LogP contribution in [0, 0.1) is 0 Å². The van der Waals surface area contributed by atoms with Crippen LogP contribution in [-0.2, 0) is 6.54 Å². The standard InChI is InChI=1S/C20H14N6O2/c27-19-14-10-15-17(5-9-26(20(15)28)18-3-7-22-24-18)23-16(14)4-8-25(19)12-13-2-1-6-21-11-13/h1-11H,12H2,(H,22,24). The van der Waals surface area contributed by atoms with Gasteiger partial charge in [-0.1, -0.05) is 6.07 Å². The van der Waals surface area contributed by atoms with Crippen molar-refractivity contribution in [3.8, 4) is 5.82 Å². The van der Waals surface area contributed by atoms with Gasteiger partial charge in [-0.3, -0.25) is 24.2 Å². The highest BCUT2D eigenvalue weighted by Crippen LogP contribution is 2.15. The lowest BCUT2D eigenvalue weighted by Gasteiger charge is -2.09. The van der Waals surface area contributed by atoms with Crippen LogP contribution < -0.4 is 11.1 Å². The van der Waals surface area contributed by atoms with Gasteiger partial charge in [0.2, 0.25) is 0 Å². The summed E-state index contributed by atoms with van der Waals surface area (Å²) in [4.78, 5) is 34.5. The fourth-order valence-corrected chi connectivity index (χ4v) is 3.25. The number of fused-ring (bicyclic) bond motifs is 2. The first-order valence-electron chi connectivity index (χ1n) is 8.65. The molecule has 0 atom stereocenters. The molecule has 5 rings (SSSR count). The largest absolute Gasteiger partial charge is 0.310 e. The molecule has 0 fully saturated rings. The number of hydrogen-bond donors (Lipinski definition) is 1. The molecule has 0 aliphatic heterocycles. The number of rotatable bonds is 3. The quantitative estimate of drug-likeness (QED) is 0.489. The summed E-state index contributed by atoms with van der Waals surface area (Å²) in [5.41, 5.74) is 1.54. The van der Waals surface area contributed by atoms with E-state index in [0.717, 1.165) is 5.56 Å². The van der Waals surface area contributed by atoms with Gasteiger partial charge in [0.05, 0.1) is 34.5 Å². The zero-order valence-corrected chi connectivity index (χ0v) is 14.6. The molecule has 8 heteroatoms. The van der Waals surface area contributed by atoms with Crippen molar-refractivity contribution >= 4 is 21.8 Å². The Morgan fingerprint density at radius 3 is 2.50 bits per heavy atom. The third-order valence-electron chi connectivity index (χ3n) is 4.64. The summed E-state index contributed by atoms with van der Waals surface area (Å²) < 4.78 is 3.03. The van der Waals surface area contributed by atoms with Gasteiger partial charge in [-0.2, -0.15) is 5.10 Å². The number of nitrogens with one attached hydrogen (secondary N) is 1. The summed E-state index contributed by atoms with van der Waals surface area (Å²) in [6.07, 6.45) is 8.33. The van der Waals surface area contributed by atoms with Crippen molar-refractivity contribution in [2.45, 2.75) is 6.54 Å². The Morgan fingerprint density at radius 1 is 0.929 bits per heavy atom. The maximum atomic E-state index is 13.0. The van der Waals surface area contributed by atoms with E-state index in [0.29, 0.717) is 34.2 Å². The molecule has 0 amide bonds. The Kier molecular flexibility index (Phi) is 3.61. The Bertz CT molecular complexity index is 1420. The minimum atomic E-state index is -0.266. The molecule has 0 aliphatic carbocycles. The second kappa shape index (κ2) is 6.27. The topological polar surface area (TPSA) is 98.5 Å². The first kappa shape index (κ1) is 16.1. The Morgan fingerprint density at radius 2 is 1.75 bits per heavy atom. The Labute approximate surface area is 157 Å². The first-order valence-corrected chi connectivity index (χ1v) is 8.65. The van der Waals surface area contributed by atoms with Crippen LogP contribution in [0.5, 0.6) is 0 Å². The van der Waals surface area contributed by atoms with E-state index >= 15 is 0 Å². The molecule has 0 aromatic carbocycles. The molecule has 5 aromatic heterocycles. The number of pyridine rings is 4. The number of H-pyrrole nitrogens is 1. The van der Waals surface area contributed by atoms with E-state index in [1.54, 1.807) is 59.8 Å². The van der Waals surface area contributed by atoms with Gasteiger partial charge in [0, 0.05) is 30.9 Å². The number of nitrogens with zero attached hydrogens (tertiary/aromatic N) is 5. The molecule has 0 bridgehead atoms. The highest BCUT2D eigenvalue weighted by molar-refractivity contribution is 5.91. The van der Waals surface area contributed by atoms with E-state index < -0.39 is 0 Å². The molecule has 0 unspecified atom stereocenters. The average molecular weight is 370 g/mol. The molecule has 8 nitrogen and oxygen atoms in total. The van der Waals surface area contributed by atoms with E-state index in [4.69, 9.17) is 0 Å². The summed E-state index contributed by atoms with van der Waals surface area (Å²) in [7, 11) is 0. The summed E-state index contributed by atoms with van der Waals surface area (Å²) in [6.45, 7) is 0.397. The molecule has 0 aliphatic rings. The number of aromatic amines is 1. The maximum Gasteiger partial charge on any atom is 0.265 e. The molecule has 1 N–H and O–H groups in total. The molecule has 5 aromatic rings. The molecule has 28 heavy (non-hydrogen) atoms. The van der Waals surface area contributed by atoms with E-state index in [9.17, 15) is 9.59 Å². The van der Waals surface area contributed by atoms with Crippen molar-refractivity contribution in [1.82, 2.24) is 29.3 Å². The fraction of sp³-hybridized carbons (Fsp3) is 0.0500. The zero-order valence-electron chi connectivity index (χ0n) is 14.6. The predicted octanol–water partition coefficient (Wildman–Crippen LogP) is 1.87. The monoisotopic (exact) mass is 370 g/mol. The van der Waals surface area contributed by atoms with E-state index in [-0.39, 0.29) is 11.1 Å². The number of aromatic nitrogens is 6. The van der Waals surface area contributed by atoms with Crippen LogP contribution in [0.15, 0.2) is 77.0 Å². The fourth-order valence-electron chi connectivity index (χ4n) is 3.25. The minimum absolute atomic E-state index is 0.202. The summed E-state index contributed by atoms with van der Waals surface area (Å²) in [6, 6.07) is 10.6. The highest BCUT2D eigenvalue weighted by Gasteiger charge is 2.11. The minimum Gasteiger partial charge on any atom is -0.310 e. The van der Waals surface area contributed by atoms with Gasteiger partial charge in [0.15, 0.2) is 0 Å². The van der Waals surface area contributed by atoms with Crippen LogP contribution in [0.3, 0.4) is 0 Å². The summed E-state index contributed by atoms with van der Waals surface area (Å²) in [5.74, 6) is 0.550. The van der Waals surface area contributed by atoms with Crippen molar-refractivity contribution in [2.75, 3.05) is 0 Å². The van der Waals surface area contributed by atoms with Gasteiger partial charge in [0.25, 0.3) is 11.1 Å². The molecule has 0 radical (unpaired) electrons. The molecular weight excluding hydrogens is 356 g/mol. The summed E-state index contributed by atoms with van der Waals surface area (Å²) >= 11 is 0. The normalized spacial score (nSPS) is 11.3. The van der Waals surface area contributed by atoms with E-state index in [2.05, 4.69) is 20.2 Å². The van der Waals surface area contributed by atoms with E-state index in [1.807, 2.05) is 12.1 Å². The maximum absolute atomic E-state index is 13.0. The Hall–Kier alpha value is -4.07. The lowest BCUT2D eigenvalue weighted by atomic mass is 10.2. The van der Waals surface area contributed by atoms with Crippen LogP contribution in [0.1, 0.15) is 5.56 Å². The van der Waals surface area contributed by atoms with Crippen LogP contribution in [0.25, 0.3) is 27.6 Å². The Balaban J connectivity index is 1.71. The second-order valence-electron chi connectivity index (χ2n) is 6.40. The highest BCUT2D eigenvalue weighted by atomic mass is 16.1. The zero-order chi connectivity index (χ0) is 19.1. The van der Waals surface area contributed by atoms with Crippen molar-refractivity contribution in [1.29, 1.82) is 0 Å². The first-order chi connectivity index (χ1) is 13.7. The van der Waals surface area contributed by atoms with Crippen molar-refractivity contribution in [2.24, 2.45) is 0 Å². The van der Waals surface area contributed by atoms with Gasteiger partial charge in [-0.05, 0) is 29.8 Å². The van der Waals surface area contributed by atoms with Crippen LogP contribution in [-0.4, -0.2) is 29.3 Å². The second-order valence-corrected chi connectivity index (χ2v) is 6.40. The van der Waals surface area contributed by atoms with Gasteiger partial charge in [-0.25, -0.2) is 4.98 Å². The molecule has 5 heterocycles. The molecule has 0 spiro atoms. The third-order valence-corrected chi connectivity index (χ3v) is 4.64. The third kappa shape index (κ3) is 2.59. The van der Waals surface area contributed by atoms with Gasteiger partial charge in [0.1, 0.15) is 5.82 Å². The number of hydrogen-bond acceptors (Lipinski definition) is 5. The molecule has 0 saturated heterocycles. The van der Waals surface area contributed by atoms with Gasteiger partial charge < -0.3 is 4.57 Å². The molecule has 136 valence electrons. The lowest BCUT2D eigenvalue weighted by Crippen LogP contribution is -2.22. The average Bonchev–Trinajstić information content (AvgIpc) is 3.25. The lowest BCUT2D eigenvalue weighted by molar-refractivity contribution is 0.764. The molecular formula is C20H14N6O2. The summed E-state index contributed by atoms with van der Waals surface area (Å²) in [5, 5.41) is 7.42. The van der Waals surface area contributed by atoms with Gasteiger partial charge in [-0.15, -0.1) is 0 Å². The molecule has 0 saturated carbocycles. The van der Waals surface area contributed by atoms with Crippen LogP contribution in [0.2, 0.25) is 0 Å². The van der Waals surface area contributed by atoms with Crippen LogP contribution >= 0.6 is 0 Å². The smallest absolute Gasteiger partial charge is 0.265 e. The van der Waals surface area contributed by atoms with Crippen molar-refractivity contribution < 1.29 is 0 Å². The van der Waals surface area contributed by atoms with Gasteiger partial charge >= 0.3 is 0 Å². The predicted molar refractivity (Wildman–Crippen MR) is 105 cm³/mol.